The van der Waals surface area contributed by atoms with E-state index in [1.165, 1.54) is 0 Å². The van der Waals surface area contributed by atoms with Gasteiger partial charge in [-0.1, -0.05) is 17.7 Å². The van der Waals surface area contributed by atoms with Gasteiger partial charge in [0.1, 0.15) is 0 Å². The monoisotopic (exact) mass is 317 g/mol. The van der Waals surface area contributed by atoms with Crippen molar-refractivity contribution in [3.8, 4) is 0 Å². The third-order valence-electron chi connectivity index (χ3n) is 3.57. The number of anilines is 1. The topological polar surface area (TPSA) is 58.4 Å². The number of carbonyl (C=O) groups is 1. The Hall–Kier alpha value is -0.810. The second-order valence-corrected chi connectivity index (χ2v) is 5.42. The highest BCUT2D eigenvalue weighted by Gasteiger charge is 2.24. The molecule has 1 saturated heterocycles. The Morgan fingerprint density at radius 3 is 2.95 bits per heavy atom. The van der Waals surface area contributed by atoms with E-state index >= 15 is 0 Å². The van der Waals surface area contributed by atoms with E-state index in [0.717, 1.165) is 30.6 Å². The number of likely N-dealkylation sites (tertiary alicyclic amines) is 1. The number of benzene rings is 1. The third-order valence-corrected chi connectivity index (χ3v) is 3.98. The number of aryl methyl sites for hydroxylation is 1. The minimum absolute atomic E-state index is 0. The Kier molecular flexibility index (Phi) is 6.76. The number of halogens is 2. The molecular weight excluding hydrogens is 297 g/mol. The molecule has 6 heteroatoms. The summed E-state index contributed by atoms with van der Waals surface area (Å²) in [4.78, 5) is 14.1. The molecule has 1 aliphatic heterocycles. The van der Waals surface area contributed by atoms with E-state index < -0.39 is 0 Å². The smallest absolute Gasteiger partial charge is 0.238 e. The van der Waals surface area contributed by atoms with Crippen LogP contribution in [0.3, 0.4) is 0 Å². The van der Waals surface area contributed by atoms with Gasteiger partial charge >= 0.3 is 0 Å². The zero-order valence-electron chi connectivity index (χ0n) is 11.6. The number of hydrogen-bond acceptors (Lipinski definition) is 3. The van der Waals surface area contributed by atoms with Crippen LogP contribution >= 0.6 is 24.0 Å². The molecule has 20 heavy (non-hydrogen) atoms. The fourth-order valence-electron chi connectivity index (χ4n) is 2.43. The molecular formula is C14H21Cl2N3O. The molecule has 0 saturated carbocycles. The number of hydrogen-bond donors (Lipinski definition) is 2. The summed E-state index contributed by atoms with van der Waals surface area (Å²) in [7, 11) is 0. The van der Waals surface area contributed by atoms with Gasteiger partial charge in [0, 0.05) is 23.3 Å². The SMILES string of the molecule is Cc1ccc(NC(=O)CN2CCCC2CN)cc1Cl.Cl. The zero-order valence-corrected chi connectivity index (χ0v) is 13.1. The van der Waals surface area contributed by atoms with Crippen molar-refractivity contribution in [1.82, 2.24) is 4.90 Å². The van der Waals surface area contributed by atoms with Crippen molar-refractivity contribution in [2.75, 3.05) is 25.0 Å². The summed E-state index contributed by atoms with van der Waals surface area (Å²) in [6, 6.07) is 5.88. The first-order valence-corrected chi connectivity index (χ1v) is 6.98. The lowest BCUT2D eigenvalue weighted by Crippen LogP contribution is -2.40. The maximum Gasteiger partial charge on any atom is 0.238 e. The molecule has 4 nitrogen and oxygen atoms in total. The summed E-state index contributed by atoms with van der Waals surface area (Å²) >= 11 is 6.03. The highest BCUT2D eigenvalue weighted by atomic mass is 35.5. The van der Waals surface area contributed by atoms with E-state index in [-0.39, 0.29) is 18.3 Å². The lowest BCUT2D eigenvalue weighted by Gasteiger charge is -2.22. The molecule has 1 heterocycles. The summed E-state index contributed by atoms with van der Waals surface area (Å²) in [5, 5.41) is 3.54. The normalized spacial score (nSPS) is 18.6. The van der Waals surface area contributed by atoms with Crippen LogP contribution in [-0.4, -0.2) is 36.5 Å². The number of carbonyl (C=O) groups excluding carboxylic acids is 1. The maximum absolute atomic E-state index is 12.0. The molecule has 1 amide bonds. The fourth-order valence-corrected chi connectivity index (χ4v) is 2.61. The van der Waals surface area contributed by atoms with Gasteiger partial charge in [-0.3, -0.25) is 9.69 Å². The van der Waals surface area contributed by atoms with Crippen molar-refractivity contribution in [2.45, 2.75) is 25.8 Å². The first-order chi connectivity index (χ1) is 9.10. The first-order valence-electron chi connectivity index (χ1n) is 6.60. The van der Waals surface area contributed by atoms with Crippen LogP contribution in [0.15, 0.2) is 18.2 Å². The highest BCUT2D eigenvalue weighted by molar-refractivity contribution is 6.31. The van der Waals surface area contributed by atoms with Gasteiger partial charge < -0.3 is 11.1 Å². The molecule has 3 N–H and O–H groups in total. The maximum atomic E-state index is 12.0. The molecule has 0 spiro atoms. The Labute approximate surface area is 131 Å². The van der Waals surface area contributed by atoms with E-state index in [0.29, 0.717) is 24.2 Å². The Bertz CT molecular complexity index is 468. The van der Waals surface area contributed by atoms with E-state index in [1.807, 2.05) is 19.1 Å². The van der Waals surface area contributed by atoms with Gasteiger partial charge in [-0.2, -0.15) is 0 Å². The number of amides is 1. The van der Waals surface area contributed by atoms with Crippen LogP contribution in [0.2, 0.25) is 5.02 Å². The molecule has 112 valence electrons. The van der Waals surface area contributed by atoms with Gasteiger partial charge in [-0.05, 0) is 44.0 Å². The molecule has 0 bridgehead atoms. The van der Waals surface area contributed by atoms with Crippen LogP contribution in [0.1, 0.15) is 18.4 Å². The van der Waals surface area contributed by atoms with Gasteiger partial charge in [-0.25, -0.2) is 0 Å². The van der Waals surface area contributed by atoms with Crippen LogP contribution < -0.4 is 11.1 Å². The second-order valence-electron chi connectivity index (χ2n) is 5.01. The first kappa shape index (κ1) is 17.2. The van der Waals surface area contributed by atoms with Crippen molar-refractivity contribution < 1.29 is 4.79 Å². The molecule has 0 aromatic heterocycles. The molecule has 1 unspecified atom stereocenters. The molecule has 1 aliphatic rings. The second kappa shape index (κ2) is 7.84. The molecule has 1 atom stereocenters. The lowest BCUT2D eigenvalue weighted by atomic mass is 10.2. The average Bonchev–Trinajstić information content (AvgIpc) is 2.81. The largest absolute Gasteiger partial charge is 0.329 e. The molecule has 0 aliphatic carbocycles. The van der Waals surface area contributed by atoms with Crippen molar-refractivity contribution in [3.63, 3.8) is 0 Å². The highest BCUT2D eigenvalue weighted by Crippen LogP contribution is 2.20. The van der Waals surface area contributed by atoms with E-state index in [4.69, 9.17) is 17.3 Å². The number of nitrogens with one attached hydrogen (secondary N) is 1. The van der Waals surface area contributed by atoms with Gasteiger partial charge in [0.15, 0.2) is 0 Å². The van der Waals surface area contributed by atoms with Crippen LogP contribution in [0.25, 0.3) is 0 Å². The summed E-state index contributed by atoms with van der Waals surface area (Å²) < 4.78 is 0. The molecule has 1 fully saturated rings. The molecule has 2 rings (SSSR count). The van der Waals surface area contributed by atoms with Crippen LogP contribution in [0.5, 0.6) is 0 Å². The molecule has 1 aromatic carbocycles. The average molecular weight is 318 g/mol. The summed E-state index contributed by atoms with van der Waals surface area (Å²) in [6.07, 6.45) is 2.20. The van der Waals surface area contributed by atoms with E-state index in [2.05, 4.69) is 10.2 Å². The zero-order chi connectivity index (χ0) is 13.8. The van der Waals surface area contributed by atoms with Crippen molar-refractivity contribution >= 4 is 35.6 Å². The van der Waals surface area contributed by atoms with Crippen molar-refractivity contribution in [2.24, 2.45) is 5.73 Å². The number of nitrogens with two attached hydrogens (primary N) is 1. The van der Waals surface area contributed by atoms with Gasteiger partial charge in [0.2, 0.25) is 5.91 Å². The fraction of sp³-hybridized carbons (Fsp3) is 0.500. The van der Waals surface area contributed by atoms with Crippen molar-refractivity contribution in [3.05, 3.63) is 28.8 Å². The minimum atomic E-state index is -0.0136. The summed E-state index contributed by atoms with van der Waals surface area (Å²) in [5.41, 5.74) is 7.44. The predicted molar refractivity (Wildman–Crippen MR) is 85.7 cm³/mol. The summed E-state index contributed by atoms with van der Waals surface area (Å²) in [5.74, 6) is -0.0136. The summed E-state index contributed by atoms with van der Waals surface area (Å²) in [6.45, 7) is 3.89. The minimum Gasteiger partial charge on any atom is -0.329 e. The lowest BCUT2D eigenvalue weighted by molar-refractivity contribution is -0.117. The van der Waals surface area contributed by atoms with Crippen LogP contribution in [0.4, 0.5) is 5.69 Å². The van der Waals surface area contributed by atoms with Crippen LogP contribution in [0, 0.1) is 6.92 Å². The predicted octanol–water partition coefficient (Wildman–Crippen LogP) is 2.43. The quantitative estimate of drug-likeness (QED) is 0.896. The Morgan fingerprint density at radius 1 is 1.55 bits per heavy atom. The van der Waals surface area contributed by atoms with Crippen molar-refractivity contribution in [1.29, 1.82) is 0 Å². The Morgan fingerprint density at radius 2 is 2.30 bits per heavy atom. The Balaban J connectivity index is 0.00000200. The van der Waals surface area contributed by atoms with Gasteiger partial charge in [0.05, 0.1) is 6.54 Å². The molecule has 1 aromatic rings. The third kappa shape index (κ3) is 4.35. The number of nitrogens with zero attached hydrogens (tertiary/aromatic N) is 1. The van der Waals surface area contributed by atoms with Gasteiger partial charge in [0.25, 0.3) is 0 Å². The van der Waals surface area contributed by atoms with Gasteiger partial charge in [-0.15, -0.1) is 12.4 Å². The number of rotatable bonds is 4. The van der Waals surface area contributed by atoms with E-state index in [1.54, 1.807) is 6.07 Å². The molecule has 0 radical (unpaired) electrons. The van der Waals surface area contributed by atoms with Crippen LogP contribution in [-0.2, 0) is 4.79 Å². The standard InChI is InChI=1S/C14H20ClN3O.ClH/c1-10-4-5-11(7-13(10)15)17-14(19)9-18-6-2-3-12(18)8-16;/h4-5,7,12H,2-3,6,8-9,16H2,1H3,(H,17,19);1H. The van der Waals surface area contributed by atoms with E-state index in [9.17, 15) is 4.79 Å².